The molecular formula is C62H79O7P. The highest BCUT2D eigenvalue weighted by Gasteiger charge is 2.42. The SMILES string of the molecule is Cc1cc(C2C(=O)Oc3c2cc(C(C)(C)C)cc3C(C)(C)C)cc(C)c1OP(Oc1ccc(C(C)(C)C)cc1C(C)(C)C)Oc1c(C)cc(C2C(=O)Oc3c2cc(C(C)(C)C)cc3C(C)(C)C)cc1C. The van der Waals surface area contributed by atoms with E-state index in [1.807, 2.05) is 58.0 Å². The van der Waals surface area contributed by atoms with Crippen molar-refractivity contribution in [2.75, 3.05) is 0 Å². The van der Waals surface area contributed by atoms with Gasteiger partial charge in [0.15, 0.2) is 0 Å². The Labute approximate surface area is 421 Å². The molecule has 2 aliphatic rings. The molecule has 7 rings (SSSR count). The standard InChI is InChI=1S/C62H79O7P/c1-34-25-38(49-43-29-41(58(8,9)10)32-46(61(17,18)19)53(43)65-55(49)63)26-35(2)51(34)68-70(67-48-24-23-40(57(5,6)7)31-45(48)60(14,15)16)69-52-36(3)27-39(28-37(52)4)50-44-30-42(59(11,12)13)33-47(62(20,21)22)54(44)66-56(50)64/h23-33,49-50H,1-22H3. The average Bonchev–Trinajstić information content (AvgIpc) is 3.72. The first-order chi connectivity index (χ1) is 31.9. The molecule has 2 heterocycles. The van der Waals surface area contributed by atoms with E-state index < -0.39 is 20.4 Å². The van der Waals surface area contributed by atoms with Gasteiger partial charge in [0.25, 0.3) is 0 Å². The van der Waals surface area contributed by atoms with E-state index in [1.54, 1.807) is 0 Å². The van der Waals surface area contributed by atoms with Gasteiger partial charge in [-0.3, -0.25) is 9.59 Å². The van der Waals surface area contributed by atoms with Gasteiger partial charge in [0.05, 0.1) is 0 Å². The van der Waals surface area contributed by atoms with Crippen molar-refractivity contribution in [3.63, 3.8) is 0 Å². The molecule has 374 valence electrons. The molecule has 0 saturated carbocycles. The van der Waals surface area contributed by atoms with E-state index in [2.05, 4.69) is 161 Å². The largest absolute Gasteiger partial charge is 0.530 e. The first-order valence-electron chi connectivity index (χ1n) is 25.0. The number of aryl methyl sites for hydroxylation is 4. The summed E-state index contributed by atoms with van der Waals surface area (Å²) in [5, 5.41) is 0. The van der Waals surface area contributed by atoms with Crippen molar-refractivity contribution < 1.29 is 32.6 Å². The van der Waals surface area contributed by atoms with E-state index in [9.17, 15) is 9.59 Å². The van der Waals surface area contributed by atoms with Crippen LogP contribution in [0.5, 0.6) is 28.7 Å². The number of carbonyl (C=O) groups is 2. The third kappa shape index (κ3) is 10.4. The predicted octanol–water partition coefficient (Wildman–Crippen LogP) is 16.6. The number of carbonyl (C=O) groups excluding carboxylic acids is 2. The van der Waals surface area contributed by atoms with Crippen molar-refractivity contribution in [1.29, 1.82) is 0 Å². The van der Waals surface area contributed by atoms with Gasteiger partial charge in [-0.1, -0.05) is 185 Å². The lowest BCUT2D eigenvalue weighted by atomic mass is 9.77. The van der Waals surface area contributed by atoms with Gasteiger partial charge in [-0.25, -0.2) is 0 Å². The fourth-order valence-electron chi connectivity index (χ4n) is 9.68. The van der Waals surface area contributed by atoms with E-state index in [-0.39, 0.29) is 44.4 Å². The molecular weight excluding hydrogens is 888 g/mol. The van der Waals surface area contributed by atoms with Gasteiger partial charge in [0, 0.05) is 27.8 Å². The van der Waals surface area contributed by atoms with Crippen LogP contribution in [-0.4, -0.2) is 11.9 Å². The Morgan fingerprint density at radius 3 is 1.04 bits per heavy atom. The van der Waals surface area contributed by atoms with Crippen LogP contribution in [0.25, 0.3) is 0 Å². The number of hydrogen-bond acceptors (Lipinski definition) is 7. The zero-order chi connectivity index (χ0) is 52.2. The normalized spacial score (nSPS) is 16.9. The van der Waals surface area contributed by atoms with Crippen LogP contribution in [0.3, 0.4) is 0 Å². The molecule has 2 unspecified atom stereocenters. The van der Waals surface area contributed by atoms with Crippen LogP contribution in [0.1, 0.15) is 214 Å². The molecule has 70 heavy (non-hydrogen) atoms. The lowest BCUT2D eigenvalue weighted by molar-refractivity contribution is -0.134. The van der Waals surface area contributed by atoms with Crippen LogP contribution >= 0.6 is 8.60 Å². The van der Waals surface area contributed by atoms with Crippen molar-refractivity contribution in [3.05, 3.63) is 145 Å². The highest BCUT2D eigenvalue weighted by atomic mass is 31.2. The summed E-state index contributed by atoms with van der Waals surface area (Å²) in [6.45, 7) is 47.4. The number of ether oxygens (including phenoxy) is 2. The first kappa shape index (κ1) is 52.7. The van der Waals surface area contributed by atoms with Gasteiger partial charge in [-0.2, -0.15) is 0 Å². The summed E-state index contributed by atoms with van der Waals surface area (Å²) < 4.78 is 33.4. The highest BCUT2D eigenvalue weighted by Crippen LogP contribution is 2.53. The fraction of sp³-hybridized carbons (Fsp3) is 0.484. The van der Waals surface area contributed by atoms with E-state index in [0.717, 1.165) is 72.3 Å². The Balaban J connectivity index is 1.31. The quantitative estimate of drug-likeness (QED) is 0.0870. The van der Waals surface area contributed by atoms with E-state index >= 15 is 0 Å². The molecule has 0 saturated heterocycles. The van der Waals surface area contributed by atoms with Crippen molar-refractivity contribution in [2.45, 2.75) is 197 Å². The summed E-state index contributed by atoms with van der Waals surface area (Å²) in [6.07, 6.45) is 0. The van der Waals surface area contributed by atoms with Gasteiger partial charge in [0.1, 0.15) is 40.6 Å². The van der Waals surface area contributed by atoms with Crippen LogP contribution in [0.4, 0.5) is 0 Å². The van der Waals surface area contributed by atoms with Gasteiger partial charge in [0.2, 0.25) is 0 Å². The zero-order valence-corrected chi connectivity index (χ0v) is 47.2. The van der Waals surface area contributed by atoms with Crippen LogP contribution in [0.15, 0.2) is 66.7 Å². The van der Waals surface area contributed by atoms with Crippen LogP contribution in [-0.2, 0) is 42.1 Å². The second kappa shape index (κ2) is 17.9. The third-order valence-electron chi connectivity index (χ3n) is 13.9. The summed E-state index contributed by atoms with van der Waals surface area (Å²) in [4.78, 5) is 28.0. The molecule has 2 atom stereocenters. The summed E-state index contributed by atoms with van der Waals surface area (Å²) in [5.41, 5.74) is 12.3. The number of esters is 2. The summed E-state index contributed by atoms with van der Waals surface area (Å²) in [5.74, 6) is 1.48. The van der Waals surface area contributed by atoms with E-state index in [4.69, 9.17) is 23.0 Å². The van der Waals surface area contributed by atoms with Gasteiger partial charge in [-0.15, -0.1) is 0 Å². The minimum Gasteiger partial charge on any atom is -0.425 e. The van der Waals surface area contributed by atoms with Gasteiger partial charge in [-0.05, 0) is 116 Å². The summed E-state index contributed by atoms with van der Waals surface area (Å²) in [6, 6.07) is 23.3. The van der Waals surface area contributed by atoms with Crippen molar-refractivity contribution in [1.82, 2.24) is 0 Å². The molecule has 0 aliphatic carbocycles. The number of fused-ring (bicyclic) bond motifs is 2. The summed E-state index contributed by atoms with van der Waals surface area (Å²) in [7, 11) is -2.15. The van der Waals surface area contributed by atoms with Crippen LogP contribution < -0.4 is 23.0 Å². The molecule has 8 heteroatoms. The van der Waals surface area contributed by atoms with Crippen molar-refractivity contribution in [2.24, 2.45) is 0 Å². The molecule has 0 fully saturated rings. The second-order valence-corrected chi connectivity index (χ2v) is 27.3. The van der Waals surface area contributed by atoms with E-state index in [1.165, 1.54) is 5.56 Å². The molecule has 0 N–H and O–H groups in total. The second-order valence-electron chi connectivity index (χ2n) is 26.3. The Morgan fingerprint density at radius 2 is 0.729 bits per heavy atom. The Kier molecular flexibility index (Phi) is 13.4. The lowest BCUT2D eigenvalue weighted by Crippen LogP contribution is -2.18. The van der Waals surface area contributed by atoms with Gasteiger partial charge < -0.3 is 23.0 Å². The average molecular weight is 967 g/mol. The van der Waals surface area contributed by atoms with Crippen LogP contribution in [0.2, 0.25) is 0 Å². The molecule has 0 aromatic heterocycles. The highest BCUT2D eigenvalue weighted by molar-refractivity contribution is 7.43. The van der Waals surface area contributed by atoms with E-state index in [0.29, 0.717) is 28.7 Å². The molecule has 7 nitrogen and oxygen atoms in total. The molecule has 5 aromatic carbocycles. The molecule has 0 bridgehead atoms. The fourth-order valence-corrected chi connectivity index (χ4v) is 11.0. The maximum absolute atomic E-state index is 14.0. The Morgan fingerprint density at radius 1 is 0.400 bits per heavy atom. The maximum atomic E-state index is 14.0. The molecule has 0 radical (unpaired) electrons. The molecule has 5 aromatic rings. The smallest absolute Gasteiger partial charge is 0.425 e. The minimum atomic E-state index is -2.15. The maximum Gasteiger partial charge on any atom is 0.530 e. The minimum absolute atomic E-state index is 0.0774. The molecule has 2 aliphatic heterocycles. The van der Waals surface area contributed by atoms with Gasteiger partial charge >= 0.3 is 20.5 Å². The Hall–Kier alpha value is -5.13. The third-order valence-corrected chi connectivity index (χ3v) is 14.9. The monoisotopic (exact) mass is 967 g/mol. The topological polar surface area (TPSA) is 80.3 Å². The molecule has 0 spiro atoms. The predicted molar refractivity (Wildman–Crippen MR) is 287 cm³/mol. The number of rotatable bonds is 8. The first-order valence-corrected chi connectivity index (χ1v) is 26.1. The number of hydrogen-bond donors (Lipinski definition) is 0. The van der Waals surface area contributed by atoms with Crippen LogP contribution in [0, 0.1) is 27.7 Å². The lowest BCUT2D eigenvalue weighted by Gasteiger charge is -2.29. The summed E-state index contributed by atoms with van der Waals surface area (Å²) >= 11 is 0. The van der Waals surface area contributed by atoms with Crippen molar-refractivity contribution in [3.8, 4) is 28.7 Å². The number of benzene rings is 5. The molecule has 0 amide bonds. The van der Waals surface area contributed by atoms with Crippen molar-refractivity contribution >= 4 is 20.5 Å². The zero-order valence-electron chi connectivity index (χ0n) is 46.3. The Bertz CT molecular complexity index is 2690.